The average Bonchev–Trinajstić information content (AvgIpc) is 2.90. The van der Waals surface area contributed by atoms with Crippen molar-refractivity contribution in [2.24, 2.45) is 4.99 Å². The summed E-state index contributed by atoms with van der Waals surface area (Å²) in [5.41, 5.74) is 0.474. The first-order valence-electron chi connectivity index (χ1n) is 6.88. The van der Waals surface area contributed by atoms with Gasteiger partial charge in [-0.25, -0.2) is 9.67 Å². The van der Waals surface area contributed by atoms with Crippen molar-refractivity contribution in [3.63, 3.8) is 0 Å². The zero-order chi connectivity index (χ0) is 17.3. The molecule has 0 spiro atoms. The van der Waals surface area contributed by atoms with Gasteiger partial charge in [0.2, 0.25) is 0 Å². The van der Waals surface area contributed by atoms with Crippen LogP contribution in [0.3, 0.4) is 0 Å². The van der Waals surface area contributed by atoms with Gasteiger partial charge in [0, 0.05) is 13.1 Å². The average molecular weight is 464 g/mol. The van der Waals surface area contributed by atoms with Gasteiger partial charge in [-0.2, -0.15) is 13.2 Å². The van der Waals surface area contributed by atoms with E-state index in [-0.39, 0.29) is 49.6 Å². The van der Waals surface area contributed by atoms with E-state index in [1.54, 1.807) is 6.92 Å². The van der Waals surface area contributed by atoms with Gasteiger partial charge in [-0.05, 0) is 6.92 Å². The number of guanidine groups is 1. The number of aliphatic imine (C=N–C) groups is 1. The standard InChI is InChI=1S/C12H19F3N6O2.HI/c1-3-16-11(17-5-4-12(13,14)15)18-6-9-7-21(20-19-9)8-10(22)23-2;/h7H,3-6,8H2,1-2H3,(H2,16,17,18);1H. The topological polar surface area (TPSA) is 93.4 Å². The summed E-state index contributed by atoms with van der Waals surface area (Å²) in [7, 11) is 1.26. The van der Waals surface area contributed by atoms with E-state index in [1.807, 2.05) is 0 Å². The summed E-state index contributed by atoms with van der Waals surface area (Å²) in [5.74, 6) is -0.216. The second-order valence-corrected chi connectivity index (χ2v) is 4.47. The van der Waals surface area contributed by atoms with Crippen LogP contribution in [0.4, 0.5) is 13.2 Å². The lowest BCUT2D eigenvalue weighted by Crippen LogP contribution is -2.38. The minimum absolute atomic E-state index is 0. The molecule has 0 radical (unpaired) electrons. The highest BCUT2D eigenvalue weighted by atomic mass is 127. The Morgan fingerprint density at radius 1 is 1.42 bits per heavy atom. The zero-order valence-corrected chi connectivity index (χ0v) is 15.6. The number of carbonyl (C=O) groups is 1. The van der Waals surface area contributed by atoms with Crippen LogP contribution in [0.25, 0.3) is 0 Å². The van der Waals surface area contributed by atoms with Crippen LogP contribution in [0.2, 0.25) is 0 Å². The van der Waals surface area contributed by atoms with Crippen molar-refractivity contribution >= 4 is 35.9 Å². The lowest BCUT2D eigenvalue weighted by molar-refractivity contribution is -0.141. The van der Waals surface area contributed by atoms with Crippen molar-refractivity contribution < 1.29 is 22.7 Å². The molecule has 0 saturated heterocycles. The first-order valence-corrected chi connectivity index (χ1v) is 6.88. The Balaban J connectivity index is 0.00000529. The van der Waals surface area contributed by atoms with Crippen molar-refractivity contribution in [3.8, 4) is 0 Å². The molecule has 138 valence electrons. The SMILES string of the molecule is CCNC(=NCc1cn(CC(=O)OC)nn1)NCCC(F)(F)F.I. The number of aromatic nitrogens is 3. The van der Waals surface area contributed by atoms with Crippen molar-refractivity contribution in [2.75, 3.05) is 20.2 Å². The van der Waals surface area contributed by atoms with Gasteiger partial charge in [0.05, 0.1) is 26.3 Å². The van der Waals surface area contributed by atoms with Gasteiger partial charge in [-0.3, -0.25) is 4.79 Å². The molecular formula is C12H20F3IN6O2. The summed E-state index contributed by atoms with van der Waals surface area (Å²) in [5, 5.41) is 13.0. The molecule has 0 fully saturated rings. The molecule has 1 aromatic rings. The maximum absolute atomic E-state index is 12.1. The predicted molar refractivity (Wildman–Crippen MR) is 90.9 cm³/mol. The molecule has 0 bridgehead atoms. The molecule has 1 rings (SSSR count). The van der Waals surface area contributed by atoms with Crippen LogP contribution in [-0.2, 0) is 22.6 Å². The van der Waals surface area contributed by atoms with Gasteiger partial charge in [-0.15, -0.1) is 29.1 Å². The molecular weight excluding hydrogens is 444 g/mol. The number of nitrogens with one attached hydrogen (secondary N) is 2. The molecule has 12 heteroatoms. The summed E-state index contributed by atoms with van der Waals surface area (Å²) in [4.78, 5) is 15.2. The first-order chi connectivity index (χ1) is 10.8. The highest BCUT2D eigenvalue weighted by Crippen LogP contribution is 2.18. The third-order valence-corrected chi connectivity index (χ3v) is 2.55. The largest absolute Gasteiger partial charge is 0.468 e. The van der Waals surface area contributed by atoms with Crippen molar-refractivity contribution in [3.05, 3.63) is 11.9 Å². The monoisotopic (exact) mass is 464 g/mol. The van der Waals surface area contributed by atoms with Gasteiger partial charge in [0.25, 0.3) is 0 Å². The highest BCUT2D eigenvalue weighted by Gasteiger charge is 2.26. The number of nitrogens with zero attached hydrogens (tertiary/aromatic N) is 4. The van der Waals surface area contributed by atoms with Crippen LogP contribution < -0.4 is 10.6 Å². The summed E-state index contributed by atoms with van der Waals surface area (Å²) >= 11 is 0. The lowest BCUT2D eigenvalue weighted by Gasteiger charge is -2.12. The molecule has 24 heavy (non-hydrogen) atoms. The minimum Gasteiger partial charge on any atom is -0.468 e. The summed E-state index contributed by atoms with van der Waals surface area (Å²) < 4.78 is 42.2. The molecule has 2 N–H and O–H groups in total. The molecule has 8 nitrogen and oxygen atoms in total. The van der Waals surface area contributed by atoms with Gasteiger partial charge >= 0.3 is 12.1 Å². The Hall–Kier alpha value is -1.60. The highest BCUT2D eigenvalue weighted by molar-refractivity contribution is 14.0. The van der Waals surface area contributed by atoms with Gasteiger partial charge in [0.1, 0.15) is 12.2 Å². The van der Waals surface area contributed by atoms with Crippen molar-refractivity contribution in [1.29, 1.82) is 0 Å². The van der Waals surface area contributed by atoms with Crippen LogP contribution >= 0.6 is 24.0 Å². The van der Waals surface area contributed by atoms with Gasteiger partial charge < -0.3 is 15.4 Å². The van der Waals surface area contributed by atoms with Crippen LogP contribution in [0, 0.1) is 0 Å². The summed E-state index contributed by atoms with van der Waals surface area (Å²) in [6, 6.07) is 0. The van der Waals surface area contributed by atoms with Crippen LogP contribution in [0.15, 0.2) is 11.2 Å². The normalized spacial score (nSPS) is 11.6. The Labute approximate surface area is 154 Å². The van der Waals surface area contributed by atoms with E-state index in [2.05, 4.69) is 30.7 Å². The Bertz CT molecular complexity index is 535. The summed E-state index contributed by atoms with van der Waals surface area (Å²) in [6.07, 6.45) is -3.66. The number of ether oxygens (including phenoxy) is 1. The molecule has 0 unspecified atom stereocenters. The molecule has 0 amide bonds. The zero-order valence-electron chi connectivity index (χ0n) is 13.3. The fourth-order valence-electron chi connectivity index (χ4n) is 1.51. The quantitative estimate of drug-likeness (QED) is 0.272. The number of methoxy groups -OCH3 is 1. The lowest BCUT2D eigenvalue weighted by atomic mass is 10.4. The van der Waals surface area contributed by atoms with Gasteiger partial charge in [0.15, 0.2) is 5.96 Å². The third kappa shape index (κ3) is 9.52. The van der Waals surface area contributed by atoms with Crippen LogP contribution in [0.5, 0.6) is 0 Å². The number of hydrogen-bond donors (Lipinski definition) is 2. The van der Waals surface area contributed by atoms with E-state index in [4.69, 9.17) is 0 Å². The number of esters is 1. The number of hydrogen-bond acceptors (Lipinski definition) is 5. The predicted octanol–water partition coefficient (Wildman–Crippen LogP) is 1.08. The molecule has 0 aliphatic rings. The first kappa shape index (κ1) is 22.4. The van der Waals surface area contributed by atoms with Crippen LogP contribution in [-0.4, -0.2) is 53.3 Å². The number of alkyl halides is 3. The number of halogens is 4. The second-order valence-electron chi connectivity index (χ2n) is 4.47. The molecule has 0 atom stereocenters. The van der Waals surface area contributed by atoms with E-state index in [0.29, 0.717) is 12.2 Å². The van der Waals surface area contributed by atoms with E-state index < -0.39 is 18.6 Å². The Kier molecular flexibility index (Phi) is 10.3. The maximum Gasteiger partial charge on any atom is 0.390 e. The Morgan fingerprint density at radius 2 is 2.12 bits per heavy atom. The number of carbonyl (C=O) groups excluding carboxylic acids is 1. The maximum atomic E-state index is 12.1. The molecule has 1 aromatic heterocycles. The summed E-state index contributed by atoms with van der Waals surface area (Å²) in [6.45, 7) is 2.07. The second kappa shape index (κ2) is 11.0. The van der Waals surface area contributed by atoms with Crippen molar-refractivity contribution in [2.45, 2.75) is 32.6 Å². The molecule has 0 aliphatic heterocycles. The van der Waals surface area contributed by atoms with Crippen LogP contribution in [0.1, 0.15) is 19.0 Å². The van der Waals surface area contributed by atoms with E-state index in [9.17, 15) is 18.0 Å². The molecule has 0 aromatic carbocycles. The van der Waals surface area contributed by atoms with Gasteiger partial charge in [-0.1, -0.05) is 5.21 Å². The van der Waals surface area contributed by atoms with E-state index in [0.717, 1.165) is 0 Å². The number of rotatable bonds is 7. The molecule has 1 heterocycles. The minimum atomic E-state index is -4.22. The fraction of sp³-hybridized carbons (Fsp3) is 0.667. The Morgan fingerprint density at radius 3 is 2.71 bits per heavy atom. The smallest absolute Gasteiger partial charge is 0.390 e. The molecule has 0 aliphatic carbocycles. The molecule has 0 saturated carbocycles. The van der Waals surface area contributed by atoms with Crippen molar-refractivity contribution in [1.82, 2.24) is 25.6 Å². The van der Waals surface area contributed by atoms with E-state index >= 15 is 0 Å². The van der Waals surface area contributed by atoms with E-state index in [1.165, 1.54) is 18.0 Å². The fourth-order valence-corrected chi connectivity index (χ4v) is 1.51. The third-order valence-electron chi connectivity index (χ3n) is 2.55.